The van der Waals surface area contributed by atoms with Crippen molar-refractivity contribution in [2.45, 2.75) is 124 Å². The number of nitrogens with zero attached hydrogens (tertiary/aromatic N) is 6. The van der Waals surface area contributed by atoms with Crippen LogP contribution in [0.3, 0.4) is 0 Å². The summed E-state index contributed by atoms with van der Waals surface area (Å²) in [5.74, 6) is -4.37. The van der Waals surface area contributed by atoms with Crippen LogP contribution in [0, 0.1) is 29.1 Å². The number of fused-ring (bicyclic) bond motifs is 2. The molecule has 2 saturated carbocycles. The topological polar surface area (TPSA) is 181 Å². The Morgan fingerprint density at radius 1 is 0.590 bits per heavy atom. The van der Waals surface area contributed by atoms with Crippen LogP contribution in [0.15, 0.2) is 42.7 Å². The summed E-state index contributed by atoms with van der Waals surface area (Å²) in [6.07, 6.45) is 7.11. The molecule has 2 saturated heterocycles. The molecule has 2 aromatic carbocycles. The largest absolute Gasteiger partial charge is 0.370 e. The molecular formula is C40H47F5N8O6S2. The van der Waals surface area contributed by atoms with Gasteiger partial charge in [0.05, 0.1) is 47.5 Å². The zero-order valence-electron chi connectivity index (χ0n) is 33.1. The third kappa shape index (κ3) is 8.04. The van der Waals surface area contributed by atoms with Crippen molar-refractivity contribution >= 4 is 20.0 Å². The third-order valence-electron chi connectivity index (χ3n) is 12.9. The van der Waals surface area contributed by atoms with Crippen LogP contribution in [0.25, 0.3) is 0 Å². The van der Waals surface area contributed by atoms with Gasteiger partial charge < -0.3 is 20.9 Å². The summed E-state index contributed by atoms with van der Waals surface area (Å²) in [6.45, 7) is 2.44. The standard InChI is InChI=1S/C21H25F3N4O3S.C19H22F2N4O3S/c22-16-7-18(24)17(23)6-15(16)21-19(25)5-13(11-31-21)27-9-12-8-26-28(20(12)10-27)32(29,30)14-3-1-2-4-14;20-12-1-4-16(21)15(5-12)19-17(22)6-13(10-28-19)24-8-11-7-23-25(18(11)9-24)29(26,27)14-2-3-14/h6-8,13-14,19,21H,1-5,9-11,25H2;1,4-5,7,13-14,17,19H,2-3,6,8-10,22H2/t13-,19+,21?;13-,17+,19?/m11/s1. The molecule has 4 fully saturated rings. The molecule has 0 amide bonds. The van der Waals surface area contributed by atoms with E-state index in [2.05, 4.69) is 20.0 Å². The molecule has 6 aliphatic rings. The first-order chi connectivity index (χ1) is 29.1. The number of aromatic nitrogens is 4. The summed E-state index contributed by atoms with van der Waals surface area (Å²) in [7, 11) is -6.95. The number of hydrogen-bond acceptors (Lipinski definition) is 12. The van der Waals surface area contributed by atoms with E-state index in [4.69, 9.17) is 20.9 Å². The molecule has 330 valence electrons. The Labute approximate surface area is 350 Å². The van der Waals surface area contributed by atoms with Gasteiger partial charge in [0.1, 0.15) is 29.7 Å². The normalized spacial score (nSPS) is 27.5. The second kappa shape index (κ2) is 16.4. The molecule has 0 bridgehead atoms. The van der Waals surface area contributed by atoms with Crippen LogP contribution in [0.1, 0.15) is 97.2 Å². The summed E-state index contributed by atoms with van der Waals surface area (Å²) >= 11 is 0. The number of halogens is 5. The molecule has 2 unspecified atom stereocenters. The average molecular weight is 895 g/mol. The van der Waals surface area contributed by atoms with E-state index in [-0.39, 0.29) is 35.1 Å². The van der Waals surface area contributed by atoms with Gasteiger partial charge in [-0.2, -0.15) is 18.4 Å². The van der Waals surface area contributed by atoms with Crippen LogP contribution >= 0.6 is 0 Å². The first kappa shape index (κ1) is 42.5. The Hall–Kier alpha value is -3.83. The van der Waals surface area contributed by atoms with Gasteiger partial charge >= 0.3 is 0 Å². The highest BCUT2D eigenvalue weighted by molar-refractivity contribution is 7.90. The molecule has 10 rings (SSSR count). The molecule has 21 heteroatoms. The fourth-order valence-electron chi connectivity index (χ4n) is 9.42. The van der Waals surface area contributed by atoms with Gasteiger partial charge in [0.2, 0.25) is 0 Å². The molecule has 61 heavy (non-hydrogen) atoms. The monoisotopic (exact) mass is 894 g/mol. The van der Waals surface area contributed by atoms with Crippen molar-refractivity contribution < 1.29 is 48.3 Å². The molecular weight excluding hydrogens is 848 g/mol. The fraction of sp³-hybridized carbons (Fsp3) is 0.550. The highest BCUT2D eigenvalue weighted by Gasteiger charge is 2.43. The van der Waals surface area contributed by atoms with E-state index in [1.807, 2.05) is 0 Å². The smallest absolute Gasteiger partial charge is 0.256 e. The van der Waals surface area contributed by atoms with Crippen molar-refractivity contribution in [1.29, 1.82) is 0 Å². The predicted octanol–water partition coefficient (Wildman–Crippen LogP) is 4.27. The highest BCUT2D eigenvalue weighted by Crippen LogP contribution is 2.38. The lowest BCUT2D eigenvalue weighted by molar-refractivity contribution is -0.0534. The van der Waals surface area contributed by atoms with Crippen LogP contribution < -0.4 is 11.5 Å². The highest BCUT2D eigenvalue weighted by atomic mass is 32.2. The molecule has 4 N–H and O–H groups in total. The molecule has 6 heterocycles. The minimum Gasteiger partial charge on any atom is -0.370 e. The first-order valence-electron chi connectivity index (χ1n) is 20.5. The molecule has 2 aromatic heterocycles. The van der Waals surface area contributed by atoms with Crippen molar-refractivity contribution in [3.8, 4) is 0 Å². The fourth-order valence-corrected chi connectivity index (χ4v) is 13.0. The zero-order valence-corrected chi connectivity index (χ0v) is 34.7. The molecule has 14 nitrogen and oxygen atoms in total. The van der Waals surface area contributed by atoms with E-state index < -0.39 is 78.7 Å². The van der Waals surface area contributed by atoms with Gasteiger partial charge in [-0.15, -0.1) is 0 Å². The van der Waals surface area contributed by atoms with E-state index >= 15 is 0 Å². The molecule has 6 atom stereocenters. The average Bonchev–Trinajstić information content (AvgIpc) is 3.68. The SMILES string of the molecule is N[C@H]1C[C@@H](N2Cc3cnn(S(=O)(=O)C4CC4)c3C2)COC1c1cc(F)ccc1F.N[C@H]1C[C@@H](N2Cc3cnn(S(=O)(=O)C4CCCC4)c3C2)COC1c1cc(F)c(F)cc1F. The van der Waals surface area contributed by atoms with Crippen molar-refractivity contribution in [1.82, 2.24) is 28.2 Å². The van der Waals surface area contributed by atoms with Crippen LogP contribution in [0.2, 0.25) is 0 Å². The van der Waals surface area contributed by atoms with Crippen molar-refractivity contribution in [3.05, 3.63) is 105 Å². The summed E-state index contributed by atoms with van der Waals surface area (Å²) < 4.78 is 134. The van der Waals surface area contributed by atoms with Gasteiger partial charge in [0.15, 0.2) is 11.6 Å². The summed E-state index contributed by atoms with van der Waals surface area (Å²) in [4.78, 5) is 4.19. The van der Waals surface area contributed by atoms with Crippen molar-refractivity contribution in [2.75, 3.05) is 13.2 Å². The minimum atomic E-state index is -3.53. The Balaban J connectivity index is 0.000000157. The number of hydrogen-bond donors (Lipinski definition) is 2. The summed E-state index contributed by atoms with van der Waals surface area (Å²) in [5.41, 5.74) is 15.6. The molecule has 0 radical (unpaired) electrons. The van der Waals surface area contributed by atoms with Gasteiger partial charge in [0, 0.05) is 78.7 Å². The molecule has 4 aliphatic heterocycles. The lowest BCUT2D eigenvalue weighted by atomic mass is 9.93. The van der Waals surface area contributed by atoms with Crippen molar-refractivity contribution in [2.24, 2.45) is 11.5 Å². The van der Waals surface area contributed by atoms with Crippen LogP contribution in [0.4, 0.5) is 22.0 Å². The Morgan fingerprint density at radius 3 is 1.56 bits per heavy atom. The minimum absolute atomic E-state index is 0.0395. The van der Waals surface area contributed by atoms with Gasteiger partial charge in [0.25, 0.3) is 20.0 Å². The maximum absolute atomic E-state index is 14.2. The van der Waals surface area contributed by atoms with Crippen LogP contribution in [-0.4, -0.2) is 92.9 Å². The Morgan fingerprint density at radius 2 is 1.07 bits per heavy atom. The lowest BCUT2D eigenvalue weighted by Crippen LogP contribution is -2.48. The second-order valence-electron chi connectivity index (χ2n) is 17.0. The predicted molar refractivity (Wildman–Crippen MR) is 210 cm³/mol. The number of nitrogens with two attached hydrogens (primary N) is 2. The van der Waals surface area contributed by atoms with E-state index in [0.717, 1.165) is 48.2 Å². The third-order valence-corrected chi connectivity index (χ3v) is 17.1. The maximum Gasteiger partial charge on any atom is 0.256 e. The first-order valence-corrected chi connectivity index (χ1v) is 23.5. The van der Waals surface area contributed by atoms with Crippen LogP contribution in [0.5, 0.6) is 0 Å². The molecule has 2 aliphatic carbocycles. The zero-order chi connectivity index (χ0) is 43.0. The van der Waals surface area contributed by atoms with Crippen molar-refractivity contribution in [3.63, 3.8) is 0 Å². The Kier molecular flexibility index (Phi) is 11.4. The van der Waals surface area contributed by atoms with E-state index in [0.29, 0.717) is 88.8 Å². The lowest BCUT2D eigenvalue weighted by Gasteiger charge is -2.38. The van der Waals surface area contributed by atoms with E-state index in [1.165, 1.54) is 8.17 Å². The van der Waals surface area contributed by atoms with Gasteiger partial charge in [-0.05, 0) is 62.8 Å². The van der Waals surface area contributed by atoms with E-state index in [9.17, 15) is 38.8 Å². The summed E-state index contributed by atoms with van der Waals surface area (Å²) in [5, 5.41) is 7.55. The molecule has 4 aromatic rings. The number of rotatable bonds is 8. The Bertz CT molecular complexity index is 2530. The quantitative estimate of drug-likeness (QED) is 0.190. The van der Waals surface area contributed by atoms with E-state index in [1.54, 1.807) is 12.4 Å². The van der Waals surface area contributed by atoms with Crippen LogP contribution in [-0.2, 0) is 55.7 Å². The van der Waals surface area contributed by atoms with Gasteiger partial charge in [-0.25, -0.2) is 38.8 Å². The number of ether oxygens (including phenoxy) is 2. The van der Waals surface area contributed by atoms with Gasteiger partial charge in [-0.3, -0.25) is 9.80 Å². The van der Waals surface area contributed by atoms with Gasteiger partial charge in [-0.1, -0.05) is 12.8 Å². The second-order valence-corrected chi connectivity index (χ2v) is 21.1. The number of benzene rings is 2. The maximum atomic E-state index is 14.2. The molecule has 0 spiro atoms. The summed E-state index contributed by atoms with van der Waals surface area (Å²) in [6, 6.07) is 3.28.